The predicted octanol–water partition coefficient (Wildman–Crippen LogP) is 1.92. The van der Waals surface area contributed by atoms with E-state index in [4.69, 9.17) is 5.73 Å². The van der Waals surface area contributed by atoms with E-state index in [1.165, 1.54) is 0 Å². The Hall–Kier alpha value is -1.36. The van der Waals surface area contributed by atoms with E-state index in [1.807, 2.05) is 24.6 Å². The molecule has 3 N–H and O–H groups in total. The fourth-order valence-electron chi connectivity index (χ4n) is 2.52. The molecule has 1 heterocycles. The Morgan fingerprint density at radius 1 is 1.56 bits per heavy atom. The topological polar surface area (TPSA) is 72.9 Å². The van der Waals surface area contributed by atoms with Gasteiger partial charge in [0.2, 0.25) is 5.91 Å². The molecule has 1 saturated carbocycles. The fraction of sp³-hybridized carbons (Fsp3) is 0.692. The number of aromatic nitrogens is 2. The maximum atomic E-state index is 12.2. The molecular formula is C13H22N4O. The molecule has 0 aliphatic heterocycles. The minimum Gasteiger partial charge on any atom is -0.328 e. The van der Waals surface area contributed by atoms with E-state index in [0.29, 0.717) is 0 Å². The zero-order chi connectivity index (χ0) is 13.1. The van der Waals surface area contributed by atoms with Gasteiger partial charge in [-0.3, -0.25) is 4.79 Å². The molecular weight excluding hydrogens is 228 g/mol. The van der Waals surface area contributed by atoms with Gasteiger partial charge in [0.05, 0.1) is 6.20 Å². The number of hydrogen-bond acceptors (Lipinski definition) is 3. The van der Waals surface area contributed by atoms with E-state index in [1.54, 1.807) is 6.20 Å². The number of amides is 1. The van der Waals surface area contributed by atoms with Crippen LogP contribution in [-0.2, 0) is 4.79 Å². The van der Waals surface area contributed by atoms with E-state index in [2.05, 4.69) is 10.4 Å². The minimum atomic E-state index is 0.0456. The van der Waals surface area contributed by atoms with Gasteiger partial charge in [0, 0.05) is 24.1 Å². The standard InChI is InChI=1S/C13H22N4O/c1-9(2)17-12(6-7-15-17)16-13(18)10-4-3-5-11(14)8-10/h6-7,9-11H,3-5,8,14H2,1-2H3,(H,16,18). The summed E-state index contributed by atoms with van der Waals surface area (Å²) in [5.74, 6) is 0.894. The lowest BCUT2D eigenvalue weighted by Crippen LogP contribution is -2.34. The van der Waals surface area contributed by atoms with Crippen LogP contribution in [-0.4, -0.2) is 21.7 Å². The van der Waals surface area contributed by atoms with Crippen LogP contribution >= 0.6 is 0 Å². The summed E-state index contributed by atoms with van der Waals surface area (Å²) in [7, 11) is 0. The number of carbonyl (C=O) groups excluding carboxylic acids is 1. The van der Waals surface area contributed by atoms with Crippen molar-refractivity contribution in [3.05, 3.63) is 12.3 Å². The normalized spacial score (nSPS) is 24.2. The van der Waals surface area contributed by atoms with E-state index in [0.717, 1.165) is 31.5 Å². The van der Waals surface area contributed by atoms with E-state index < -0.39 is 0 Å². The Morgan fingerprint density at radius 2 is 2.33 bits per heavy atom. The number of rotatable bonds is 3. The number of anilines is 1. The van der Waals surface area contributed by atoms with Crippen molar-refractivity contribution in [3.63, 3.8) is 0 Å². The second-order valence-corrected chi connectivity index (χ2v) is 5.37. The van der Waals surface area contributed by atoms with Crippen LogP contribution in [0.2, 0.25) is 0 Å². The van der Waals surface area contributed by atoms with Gasteiger partial charge in [0.1, 0.15) is 5.82 Å². The monoisotopic (exact) mass is 250 g/mol. The van der Waals surface area contributed by atoms with Gasteiger partial charge in [0.15, 0.2) is 0 Å². The van der Waals surface area contributed by atoms with Gasteiger partial charge in [-0.1, -0.05) is 6.42 Å². The lowest BCUT2D eigenvalue weighted by atomic mass is 9.85. The number of carbonyl (C=O) groups is 1. The number of hydrogen-bond donors (Lipinski definition) is 2. The molecule has 1 amide bonds. The van der Waals surface area contributed by atoms with Gasteiger partial charge < -0.3 is 11.1 Å². The smallest absolute Gasteiger partial charge is 0.228 e. The van der Waals surface area contributed by atoms with Gasteiger partial charge in [-0.05, 0) is 33.1 Å². The first-order valence-corrected chi connectivity index (χ1v) is 6.68. The molecule has 1 aromatic rings. The van der Waals surface area contributed by atoms with Crippen molar-refractivity contribution < 1.29 is 4.79 Å². The summed E-state index contributed by atoms with van der Waals surface area (Å²) >= 11 is 0. The SMILES string of the molecule is CC(C)n1nccc1NC(=O)C1CCCC(N)C1. The molecule has 1 aromatic heterocycles. The molecule has 0 radical (unpaired) electrons. The zero-order valence-electron chi connectivity index (χ0n) is 11.1. The van der Waals surface area contributed by atoms with Crippen molar-refractivity contribution in [1.82, 2.24) is 9.78 Å². The molecule has 1 fully saturated rings. The lowest BCUT2D eigenvalue weighted by molar-refractivity contribution is -0.120. The van der Waals surface area contributed by atoms with Crippen LogP contribution < -0.4 is 11.1 Å². The molecule has 2 atom stereocenters. The zero-order valence-corrected chi connectivity index (χ0v) is 11.1. The van der Waals surface area contributed by atoms with Gasteiger partial charge in [0.25, 0.3) is 0 Å². The maximum Gasteiger partial charge on any atom is 0.228 e. The van der Waals surface area contributed by atoms with Gasteiger partial charge >= 0.3 is 0 Å². The van der Waals surface area contributed by atoms with Crippen molar-refractivity contribution in [3.8, 4) is 0 Å². The first-order valence-electron chi connectivity index (χ1n) is 6.68. The highest BCUT2D eigenvalue weighted by Crippen LogP contribution is 2.24. The molecule has 1 aliphatic carbocycles. The highest BCUT2D eigenvalue weighted by Gasteiger charge is 2.26. The number of nitrogens with one attached hydrogen (secondary N) is 1. The maximum absolute atomic E-state index is 12.2. The Labute approximate surface area is 108 Å². The summed E-state index contributed by atoms with van der Waals surface area (Å²) in [4.78, 5) is 12.2. The van der Waals surface area contributed by atoms with E-state index >= 15 is 0 Å². The van der Waals surface area contributed by atoms with Crippen molar-refractivity contribution in [2.24, 2.45) is 11.7 Å². The molecule has 0 bridgehead atoms. The molecule has 0 saturated heterocycles. The second-order valence-electron chi connectivity index (χ2n) is 5.37. The fourth-order valence-corrected chi connectivity index (χ4v) is 2.52. The second kappa shape index (κ2) is 5.52. The molecule has 2 rings (SSSR count). The average molecular weight is 250 g/mol. The number of nitrogens with zero attached hydrogens (tertiary/aromatic N) is 2. The highest BCUT2D eigenvalue weighted by atomic mass is 16.2. The summed E-state index contributed by atoms with van der Waals surface area (Å²) < 4.78 is 1.82. The summed E-state index contributed by atoms with van der Waals surface area (Å²) in [5.41, 5.74) is 5.92. The van der Waals surface area contributed by atoms with E-state index in [9.17, 15) is 4.79 Å². The molecule has 2 unspecified atom stereocenters. The Kier molecular flexibility index (Phi) is 4.01. The third kappa shape index (κ3) is 2.90. The van der Waals surface area contributed by atoms with Crippen molar-refractivity contribution in [1.29, 1.82) is 0 Å². The molecule has 0 spiro atoms. The Morgan fingerprint density at radius 3 is 3.00 bits per heavy atom. The molecule has 5 nitrogen and oxygen atoms in total. The van der Waals surface area contributed by atoms with Crippen LogP contribution in [0, 0.1) is 5.92 Å². The summed E-state index contributed by atoms with van der Waals surface area (Å²) in [5, 5.41) is 7.17. The van der Waals surface area contributed by atoms with Crippen molar-refractivity contribution in [2.75, 3.05) is 5.32 Å². The molecule has 100 valence electrons. The van der Waals surface area contributed by atoms with Gasteiger partial charge in [-0.15, -0.1) is 0 Å². The number of nitrogens with two attached hydrogens (primary N) is 1. The summed E-state index contributed by atoms with van der Waals surface area (Å²) in [6, 6.07) is 2.24. The Bertz CT molecular complexity index is 413. The molecule has 1 aliphatic rings. The third-order valence-electron chi connectivity index (χ3n) is 3.50. The molecule has 5 heteroatoms. The summed E-state index contributed by atoms with van der Waals surface area (Å²) in [6.07, 6.45) is 5.52. The van der Waals surface area contributed by atoms with E-state index in [-0.39, 0.29) is 23.9 Å². The largest absolute Gasteiger partial charge is 0.328 e. The minimum absolute atomic E-state index is 0.0456. The van der Waals surface area contributed by atoms with Gasteiger partial charge in [-0.2, -0.15) is 5.10 Å². The van der Waals surface area contributed by atoms with Crippen molar-refractivity contribution in [2.45, 2.75) is 51.6 Å². The predicted molar refractivity (Wildman–Crippen MR) is 71.2 cm³/mol. The average Bonchev–Trinajstić information content (AvgIpc) is 2.77. The van der Waals surface area contributed by atoms with Crippen LogP contribution in [0.15, 0.2) is 12.3 Å². The van der Waals surface area contributed by atoms with Crippen LogP contribution in [0.25, 0.3) is 0 Å². The summed E-state index contributed by atoms with van der Waals surface area (Å²) in [6.45, 7) is 4.08. The molecule has 18 heavy (non-hydrogen) atoms. The lowest BCUT2D eigenvalue weighted by Gasteiger charge is -2.25. The van der Waals surface area contributed by atoms with Crippen LogP contribution in [0.4, 0.5) is 5.82 Å². The van der Waals surface area contributed by atoms with Crippen molar-refractivity contribution >= 4 is 11.7 Å². The molecule has 0 aromatic carbocycles. The van der Waals surface area contributed by atoms with Crippen LogP contribution in [0.5, 0.6) is 0 Å². The van der Waals surface area contributed by atoms with Crippen LogP contribution in [0.1, 0.15) is 45.6 Å². The first kappa shape index (κ1) is 13.1. The first-order chi connectivity index (χ1) is 8.58. The van der Waals surface area contributed by atoms with Crippen LogP contribution in [0.3, 0.4) is 0 Å². The Balaban J connectivity index is 2.00. The highest BCUT2D eigenvalue weighted by molar-refractivity contribution is 5.91. The third-order valence-corrected chi connectivity index (χ3v) is 3.50. The quantitative estimate of drug-likeness (QED) is 0.860. The van der Waals surface area contributed by atoms with Gasteiger partial charge in [-0.25, -0.2) is 4.68 Å².